The summed E-state index contributed by atoms with van der Waals surface area (Å²) in [4.78, 5) is 41.1. The summed E-state index contributed by atoms with van der Waals surface area (Å²) in [5.41, 5.74) is -2.05. The molecule has 1 aromatic heterocycles. The molecule has 0 saturated heterocycles. The maximum absolute atomic E-state index is 13.9. The zero-order chi connectivity index (χ0) is 25.8. The Hall–Kier alpha value is -3.76. The number of allylic oxidation sites excluding steroid dienone is 1. The first-order chi connectivity index (χ1) is 17.4. The van der Waals surface area contributed by atoms with E-state index >= 15 is 0 Å². The molecule has 3 aromatic rings. The van der Waals surface area contributed by atoms with Gasteiger partial charge < -0.3 is 9.15 Å². The van der Waals surface area contributed by atoms with Crippen LogP contribution in [-0.2, 0) is 20.9 Å². The molecule has 4 rings (SSSR count). The van der Waals surface area contributed by atoms with E-state index in [2.05, 4.69) is 28.6 Å². The number of carbonyl (C=O) groups is 3. The van der Waals surface area contributed by atoms with Crippen molar-refractivity contribution in [2.24, 2.45) is 10.8 Å². The normalized spacial score (nSPS) is 23.4. The minimum Gasteiger partial charge on any atom is -0.461 e. The molecule has 0 amide bonds. The number of ketones is 2. The van der Waals surface area contributed by atoms with Gasteiger partial charge in [0, 0.05) is 16.8 Å². The van der Waals surface area contributed by atoms with Gasteiger partial charge in [-0.2, -0.15) is 5.26 Å². The zero-order valence-corrected chi connectivity index (χ0v) is 21.1. The van der Waals surface area contributed by atoms with Gasteiger partial charge >= 0.3 is 5.97 Å². The lowest BCUT2D eigenvalue weighted by molar-refractivity contribution is -0.166. The van der Waals surface area contributed by atoms with E-state index in [-0.39, 0.29) is 37.4 Å². The fourth-order valence-corrected chi connectivity index (χ4v) is 5.21. The summed E-state index contributed by atoms with van der Waals surface area (Å²) in [6.07, 6.45) is 2.24. The van der Waals surface area contributed by atoms with Crippen LogP contribution in [-0.4, -0.2) is 17.5 Å². The van der Waals surface area contributed by atoms with Crippen molar-refractivity contribution in [3.8, 4) is 6.07 Å². The maximum atomic E-state index is 13.9. The Bertz CT molecular complexity index is 1310. The van der Waals surface area contributed by atoms with Crippen LogP contribution >= 0.6 is 15.9 Å². The highest BCUT2D eigenvalue weighted by Crippen LogP contribution is 2.55. The molecule has 1 aliphatic carbocycles. The number of esters is 1. The highest BCUT2D eigenvalue weighted by atomic mass is 79.9. The number of ether oxygens (including phenoxy) is 1. The summed E-state index contributed by atoms with van der Waals surface area (Å²) < 4.78 is 11.8. The first-order valence-electron chi connectivity index (χ1n) is 11.5. The van der Waals surface area contributed by atoms with Crippen molar-refractivity contribution in [1.29, 1.82) is 5.26 Å². The molecule has 6 nitrogen and oxygen atoms in total. The number of benzene rings is 2. The van der Waals surface area contributed by atoms with Gasteiger partial charge in [-0.05, 0) is 48.2 Å². The summed E-state index contributed by atoms with van der Waals surface area (Å²) in [5, 5.41) is 10.6. The van der Waals surface area contributed by atoms with E-state index in [1.165, 1.54) is 18.4 Å². The average Bonchev–Trinajstić information content (AvgIpc) is 3.44. The molecule has 36 heavy (non-hydrogen) atoms. The first kappa shape index (κ1) is 25.3. The number of carbonyl (C=O) groups excluding carboxylic acids is 3. The van der Waals surface area contributed by atoms with E-state index in [0.29, 0.717) is 5.56 Å². The Balaban J connectivity index is 1.79. The number of Topliss-reactive ketones (excluding diaryl/α,β-unsaturated/α-hetero) is 2. The second-order valence-corrected chi connectivity index (χ2v) is 9.85. The zero-order valence-electron chi connectivity index (χ0n) is 19.5. The molecule has 2 aromatic carbocycles. The summed E-state index contributed by atoms with van der Waals surface area (Å²) in [5.74, 6) is -2.50. The van der Waals surface area contributed by atoms with Gasteiger partial charge in [0.05, 0.1) is 12.3 Å². The molecule has 3 atom stereocenters. The summed E-state index contributed by atoms with van der Waals surface area (Å²) >= 11 is 3.40. The Morgan fingerprint density at radius 1 is 1.14 bits per heavy atom. The summed E-state index contributed by atoms with van der Waals surface area (Å²) in [6.45, 7) is 3.70. The Morgan fingerprint density at radius 2 is 1.86 bits per heavy atom. The quantitative estimate of drug-likeness (QED) is 0.145. The molecule has 1 heterocycles. The lowest BCUT2D eigenvalue weighted by atomic mass is 9.53. The first-order valence-corrected chi connectivity index (χ1v) is 12.3. The minimum atomic E-state index is -1.74. The smallest absolute Gasteiger partial charge is 0.320 e. The Kier molecular flexibility index (Phi) is 7.37. The molecule has 0 N–H and O–H groups in total. The monoisotopic (exact) mass is 545 g/mol. The molecule has 1 aliphatic rings. The van der Waals surface area contributed by atoms with E-state index in [9.17, 15) is 19.6 Å². The van der Waals surface area contributed by atoms with Crippen molar-refractivity contribution in [3.05, 3.63) is 107 Å². The van der Waals surface area contributed by atoms with Crippen molar-refractivity contribution in [2.45, 2.75) is 31.8 Å². The second kappa shape index (κ2) is 10.5. The SMILES string of the molecule is C=CC[C@]1(C(=O)OCc2ccccc2)C[C@@](C#N)(C(=O)c2ccco2)[C@H](c2ccc(Br)cc2)CC1=O. The van der Waals surface area contributed by atoms with Crippen LogP contribution in [0.4, 0.5) is 0 Å². The third-order valence-electron chi connectivity index (χ3n) is 6.82. The van der Waals surface area contributed by atoms with E-state index in [0.717, 1.165) is 10.0 Å². The van der Waals surface area contributed by atoms with Crippen molar-refractivity contribution in [3.63, 3.8) is 0 Å². The predicted molar refractivity (Wildman–Crippen MR) is 136 cm³/mol. The van der Waals surface area contributed by atoms with Crippen LogP contribution in [0.25, 0.3) is 0 Å². The van der Waals surface area contributed by atoms with Crippen LogP contribution in [0.2, 0.25) is 0 Å². The molecular weight excluding hydrogens is 522 g/mol. The van der Waals surface area contributed by atoms with Gasteiger partial charge in [-0.3, -0.25) is 14.4 Å². The molecule has 7 heteroatoms. The molecule has 0 aliphatic heterocycles. The number of rotatable bonds is 8. The van der Waals surface area contributed by atoms with Crippen LogP contribution in [0.5, 0.6) is 0 Å². The molecule has 0 radical (unpaired) electrons. The topological polar surface area (TPSA) is 97.4 Å². The average molecular weight is 546 g/mol. The number of furan rings is 1. The fourth-order valence-electron chi connectivity index (χ4n) is 4.95. The van der Waals surface area contributed by atoms with E-state index < -0.39 is 28.5 Å². The molecule has 1 saturated carbocycles. The van der Waals surface area contributed by atoms with Crippen LogP contribution in [0.1, 0.15) is 46.9 Å². The molecule has 182 valence electrons. The standard InChI is InChI=1S/C29H24BrNO5/c1-2-14-28(27(34)36-17-20-7-4-3-5-8-20)18-29(19-31,26(33)24-9-6-15-35-24)23(16-25(28)32)21-10-12-22(30)13-11-21/h2-13,15,23H,1,14,16-18H2/t23-,28-,29-/m0/s1. The van der Waals surface area contributed by atoms with Crippen LogP contribution in [0.3, 0.4) is 0 Å². The fraction of sp³-hybridized carbons (Fsp3) is 0.241. The Morgan fingerprint density at radius 3 is 2.47 bits per heavy atom. The number of nitriles is 1. The van der Waals surface area contributed by atoms with Gasteiger partial charge in [0.15, 0.2) is 11.5 Å². The van der Waals surface area contributed by atoms with Crippen LogP contribution in [0, 0.1) is 22.2 Å². The van der Waals surface area contributed by atoms with Crippen LogP contribution < -0.4 is 0 Å². The molecule has 0 unspecified atom stereocenters. The van der Waals surface area contributed by atoms with Gasteiger partial charge in [0.25, 0.3) is 0 Å². The van der Waals surface area contributed by atoms with Crippen molar-refractivity contribution in [2.75, 3.05) is 0 Å². The lowest BCUT2D eigenvalue weighted by Gasteiger charge is -2.45. The molecule has 0 spiro atoms. The molecular formula is C29H24BrNO5. The summed E-state index contributed by atoms with van der Waals surface area (Å²) in [6, 6.07) is 21.5. The largest absolute Gasteiger partial charge is 0.461 e. The highest BCUT2D eigenvalue weighted by Gasteiger charge is 2.63. The van der Waals surface area contributed by atoms with Crippen molar-refractivity contribution >= 4 is 33.5 Å². The molecule has 1 fully saturated rings. The third-order valence-corrected chi connectivity index (χ3v) is 7.35. The van der Waals surface area contributed by atoms with Gasteiger partial charge in [-0.15, -0.1) is 6.58 Å². The van der Waals surface area contributed by atoms with Gasteiger partial charge in [-0.25, -0.2) is 0 Å². The second-order valence-electron chi connectivity index (χ2n) is 8.93. The lowest BCUT2D eigenvalue weighted by Crippen LogP contribution is -2.54. The van der Waals surface area contributed by atoms with Crippen molar-refractivity contribution < 1.29 is 23.5 Å². The van der Waals surface area contributed by atoms with Gasteiger partial charge in [-0.1, -0.05) is 64.5 Å². The summed E-state index contributed by atoms with van der Waals surface area (Å²) in [7, 11) is 0. The minimum absolute atomic E-state index is 0.00170. The number of hydrogen-bond donors (Lipinski definition) is 0. The van der Waals surface area contributed by atoms with E-state index in [1.807, 2.05) is 18.2 Å². The number of hydrogen-bond acceptors (Lipinski definition) is 6. The number of nitrogens with zero attached hydrogens (tertiary/aromatic N) is 1. The van der Waals surface area contributed by atoms with E-state index in [1.54, 1.807) is 42.5 Å². The number of halogens is 1. The van der Waals surface area contributed by atoms with Crippen LogP contribution in [0.15, 0.2) is 94.5 Å². The Labute approximate surface area is 217 Å². The van der Waals surface area contributed by atoms with Gasteiger partial charge in [0.2, 0.25) is 5.78 Å². The molecule has 0 bridgehead atoms. The third kappa shape index (κ3) is 4.57. The predicted octanol–water partition coefficient (Wildman–Crippen LogP) is 6.19. The van der Waals surface area contributed by atoms with E-state index in [4.69, 9.17) is 9.15 Å². The maximum Gasteiger partial charge on any atom is 0.320 e. The highest BCUT2D eigenvalue weighted by molar-refractivity contribution is 9.10. The van der Waals surface area contributed by atoms with Gasteiger partial charge in [0.1, 0.15) is 17.4 Å². The van der Waals surface area contributed by atoms with Crippen molar-refractivity contribution in [1.82, 2.24) is 0 Å².